The molecular formula is C38H30N4O4. The van der Waals surface area contributed by atoms with Gasteiger partial charge in [-0.1, -0.05) is 97.6 Å². The summed E-state index contributed by atoms with van der Waals surface area (Å²) >= 11 is 0. The van der Waals surface area contributed by atoms with E-state index < -0.39 is 18.1 Å². The average Bonchev–Trinajstić information content (AvgIpc) is 3.12. The zero-order valence-corrected chi connectivity index (χ0v) is 24.8. The predicted octanol–water partition coefficient (Wildman–Crippen LogP) is 6.96. The first-order chi connectivity index (χ1) is 22.5. The second-order valence-corrected chi connectivity index (χ2v) is 10.4. The van der Waals surface area contributed by atoms with Gasteiger partial charge in [0.05, 0.1) is 23.1 Å². The van der Waals surface area contributed by atoms with E-state index in [0.717, 1.165) is 16.7 Å². The van der Waals surface area contributed by atoms with Crippen LogP contribution in [0.2, 0.25) is 0 Å². The largest absolute Gasteiger partial charge is 0.423 e. The van der Waals surface area contributed by atoms with E-state index in [-0.39, 0.29) is 0 Å². The Balaban J connectivity index is 1.15. The number of esters is 2. The van der Waals surface area contributed by atoms with Crippen LogP contribution >= 0.6 is 0 Å². The van der Waals surface area contributed by atoms with Crippen molar-refractivity contribution < 1.29 is 19.1 Å². The molecule has 0 aromatic heterocycles. The van der Waals surface area contributed by atoms with Crippen molar-refractivity contribution in [2.24, 2.45) is 10.1 Å². The first-order valence-electron chi connectivity index (χ1n) is 14.7. The van der Waals surface area contributed by atoms with Gasteiger partial charge in [0.2, 0.25) is 0 Å². The number of hydrogen-bond donors (Lipinski definition) is 2. The number of benzene rings is 5. The number of nitrogens with one attached hydrogen (secondary N) is 2. The monoisotopic (exact) mass is 606 g/mol. The third kappa shape index (κ3) is 7.09. The van der Waals surface area contributed by atoms with Crippen molar-refractivity contribution >= 4 is 29.6 Å². The van der Waals surface area contributed by atoms with Crippen molar-refractivity contribution in [1.82, 2.24) is 10.7 Å². The van der Waals surface area contributed by atoms with Crippen LogP contribution in [0.3, 0.4) is 0 Å². The van der Waals surface area contributed by atoms with E-state index in [9.17, 15) is 9.59 Å². The molecule has 0 saturated heterocycles. The maximum atomic E-state index is 12.8. The normalized spacial score (nSPS) is 13.6. The van der Waals surface area contributed by atoms with E-state index in [2.05, 4.69) is 22.4 Å². The smallest absolute Gasteiger partial charge is 0.343 e. The van der Waals surface area contributed by atoms with Gasteiger partial charge in [0.1, 0.15) is 11.5 Å². The number of aliphatic imine (C=N–C) groups is 1. The molecular weight excluding hydrogens is 576 g/mol. The molecule has 1 aliphatic rings. The van der Waals surface area contributed by atoms with Crippen LogP contribution in [-0.2, 0) is 6.54 Å². The molecule has 5 aromatic rings. The fraction of sp³-hybridized carbons (Fsp3) is 0.0526. The lowest BCUT2D eigenvalue weighted by molar-refractivity contribution is 0.0723. The topological polar surface area (TPSA) is 101 Å². The molecule has 0 bridgehead atoms. The molecule has 1 unspecified atom stereocenters. The van der Waals surface area contributed by atoms with Gasteiger partial charge in [-0.05, 0) is 48.0 Å². The van der Waals surface area contributed by atoms with E-state index in [0.29, 0.717) is 46.1 Å². The molecule has 8 nitrogen and oxygen atoms in total. The van der Waals surface area contributed by atoms with Crippen LogP contribution in [0.15, 0.2) is 150 Å². The van der Waals surface area contributed by atoms with Gasteiger partial charge in [-0.15, -0.1) is 0 Å². The molecule has 0 saturated carbocycles. The van der Waals surface area contributed by atoms with E-state index in [1.54, 1.807) is 66.9 Å². The second-order valence-electron chi connectivity index (χ2n) is 10.4. The summed E-state index contributed by atoms with van der Waals surface area (Å²) in [5, 5.41) is 7.70. The lowest BCUT2D eigenvalue weighted by Crippen LogP contribution is -2.24. The van der Waals surface area contributed by atoms with Crippen LogP contribution in [-0.4, -0.2) is 23.9 Å². The maximum Gasteiger partial charge on any atom is 0.343 e. The summed E-state index contributed by atoms with van der Waals surface area (Å²) in [5.41, 5.74) is 8.49. The van der Waals surface area contributed by atoms with Crippen molar-refractivity contribution in [2.75, 3.05) is 0 Å². The molecule has 0 radical (unpaired) electrons. The fourth-order valence-electron chi connectivity index (χ4n) is 4.84. The van der Waals surface area contributed by atoms with Gasteiger partial charge in [0.25, 0.3) is 0 Å². The highest BCUT2D eigenvalue weighted by Gasteiger charge is 2.21. The lowest BCUT2D eigenvalue weighted by Gasteiger charge is -2.20. The number of nitrogens with zero attached hydrogens (tertiary/aromatic N) is 2. The quantitative estimate of drug-likeness (QED) is 0.132. The number of ether oxygens (including phenoxy) is 2. The Bertz CT molecular complexity index is 1940. The lowest BCUT2D eigenvalue weighted by atomic mass is 10.0. The molecule has 5 aromatic carbocycles. The summed E-state index contributed by atoms with van der Waals surface area (Å²) in [6, 6.07) is 40.2. The van der Waals surface area contributed by atoms with Gasteiger partial charge in [-0.25, -0.2) is 9.59 Å². The summed E-state index contributed by atoms with van der Waals surface area (Å²) in [7, 11) is 0. The van der Waals surface area contributed by atoms with Crippen molar-refractivity contribution in [1.29, 1.82) is 0 Å². The van der Waals surface area contributed by atoms with Gasteiger partial charge in [-0.3, -0.25) is 10.4 Å². The Morgan fingerprint density at radius 1 is 0.696 bits per heavy atom. The van der Waals surface area contributed by atoms with Gasteiger partial charge >= 0.3 is 11.9 Å². The molecule has 1 atom stereocenters. The summed E-state index contributed by atoms with van der Waals surface area (Å²) in [4.78, 5) is 30.3. The molecule has 0 spiro atoms. The van der Waals surface area contributed by atoms with Crippen LogP contribution in [0.1, 0.15) is 49.1 Å². The van der Waals surface area contributed by atoms with Gasteiger partial charge in [-0.2, -0.15) is 5.10 Å². The second kappa shape index (κ2) is 14.0. The molecule has 2 N–H and O–H groups in total. The Kier molecular flexibility index (Phi) is 9.07. The molecule has 6 rings (SSSR count). The Hall–Kier alpha value is -6.28. The standard InChI is InChI=1S/C38H30N4O4/c1-26(39-24-31-17-8-10-21-34(31)45-37(43)27-13-4-2-5-14-27)29-18-12-19-30(23-29)33-25-40-42-36(41-33)32-20-9-11-22-35(32)46-38(44)28-15-6-3-7-16-28/h2-23,25,36,39,42H,1,24H2. The average molecular weight is 607 g/mol. The third-order valence-electron chi connectivity index (χ3n) is 7.26. The molecule has 0 fully saturated rings. The number of hydrazone groups is 1. The molecule has 1 aliphatic heterocycles. The summed E-state index contributed by atoms with van der Waals surface area (Å²) in [5.74, 6) is 0.00749. The number of para-hydroxylation sites is 2. The molecule has 0 aliphatic carbocycles. The zero-order valence-electron chi connectivity index (χ0n) is 24.8. The Morgan fingerprint density at radius 2 is 1.28 bits per heavy atom. The minimum atomic E-state index is -0.570. The minimum Gasteiger partial charge on any atom is -0.423 e. The van der Waals surface area contributed by atoms with Crippen molar-refractivity contribution in [3.05, 3.63) is 173 Å². The molecule has 226 valence electrons. The molecule has 46 heavy (non-hydrogen) atoms. The van der Waals surface area contributed by atoms with Crippen LogP contribution < -0.4 is 20.2 Å². The first kappa shape index (κ1) is 29.8. The van der Waals surface area contributed by atoms with Crippen LogP contribution in [0.4, 0.5) is 0 Å². The number of rotatable bonds is 10. The summed E-state index contributed by atoms with van der Waals surface area (Å²) in [6.07, 6.45) is 1.08. The predicted molar refractivity (Wildman–Crippen MR) is 179 cm³/mol. The van der Waals surface area contributed by atoms with E-state index in [4.69, 9.17) is 14.5 Å². The molecule has 0 amide bonds. The number of carbonyl (C=O) groups is 2. The third-order valence-corrected chi connectivity index (χ3v) is 7.26. The SMILES string of the molecule is C=C(NCc1ccccc1OC(=O)c1ccccc1)c1cccc(C2=NC(c3ccccc3OC(=O)c3ccccc3)NN=C2)c1. The zero-order chi connectivity index (χ0) is 31.7. The fourth-order valence-corrected chi connectivity index (χ4v) is 4.84. The Labute approximate surface area is 266 Å². The van der Waals surface area contributed by atoms with Crippen molar-refractivity contribution in [3.8, 4) is 11.5 Å². The molecule has 8 heteroatoms. The maximum absolute atomic E-state index is 12.8. The Morgan fingerprint density at radius 3 is 2.00 bits per heavy atom. The summed E-state index contributed by atoms with van der Waals surface area (Å²) < 4.78 is 11.4. The molecule has 1 heterocycles. The minimum absolute atomic E-state index is 0.397. The van der Waals surface area contributed by atoms with Crippen molar-refractivity contribution in [2.45, 2.75) is 12.7 Å². The van der Waals surface area contributed by atoms with E-state index in [1.807, 2.05) is 72.8 Å². The van der Waals surface area contributed by atoms with Crippen molar-refractivity contribution in [3.63, 3.8) is 0 Å². The highest BCUT2D eigenvalue weighted by atomic mass is 16.5. The first-order valence-corrected chi connectivity index (χ1v) is 14.7. The van der Waals surface area contributed by atoms with Gasteiger partial charge in [0, 0.05) is 28.9 Å². The highest BCUT2D eigenvalue weighted by Crippen LogP contribution is 2.29. The van der Waals surface area contributed by atoms with Crippen LogP contribution in [0.5, 0.6) is 11.5 Å². The number of carbonyl (C=O) groups excluding carboxylic acids is 2. The van der Waals surface area contributed by atoms with E-state index >= 15 is 0 Å². The van der Waals surface area contributed by atoms with Crippen LogP contribution in [0, 0.1) is 0 Å². The van der Waals surface area contributed by atoms with Gasteiger partial charge in [0.15, 0.2) is 6.17 Å². The highest BCUT2D eigenvalue weighted by molar-refractivity contribution is 6.38. The summed E-state index contributed by atoms with van der Waals surface area (Å²) in [6.45, 7) is 4.63. The van der Waals surface area contributed by atoms with E-state index in [1.165, 1.54) is 0 Å². The van der Waals surface area contributed by atoms with Gasteiger partial charge < -0.3 is 14.8 Å². The number of hydrogen-bond acceptors (Lipinski definition) is 8. The van der Waals surface area contributed by atoms with Crippen LogP contribution in [0.25, 0.3) is 5.70 Å².